The minimum atomic E-state index is -0.384. The van der Waals surface area contributed by atoms with Gasteiger partial charge < -0.3 is 10.1 Å². The van der Waals surface area contributed by atoms with Crippen LogP contribution in [0.1, 0.15) is 12.0 Å². The SMILES string of the molecule is Fc1cccc(COCC2CCNC2)c1Cl. The third kappa shape index (κ3) is 2.94. The molecule has 0 saturated carbocycles. The van der Waals surface area contributed by atoms with Gasteiger partial charge in [0.2, 0.25) is 0 Å². The summed E-state index contributed by atoms with van der Waals surface area (Å²) < 4.78 is 18.7. The van der Waals surface area contributed by atoms with Gasteiger partial charge in [0.05, 0.1) is 18.2 Å². The third-order valence-corrected chi connectivity index (χ3v) is 3.23. The summed E-state index contributed by atoms with van der Waals surface area (Å²) >= 11 is 5.82. The summed E-state index contributed by atoms with van der Waals surface area (Å²) in [5.41, 5.74) is 0.715. The summed E-state index contributed by atoms with van der Waals surface area (Å²) in [4.78, 5) is 0. The van der Waals surface area contributed by atoms with Crippen molar-refractivity contribution >= 4 is 11.6 Å². The van der Waals surface area contributed by atoms with Crippen molar-refractivity contribution in [1.29, 1.82) is 0 Å². The van der Waals surface area contributed by atoms with Crippen LogP contribution in [0.3, 0.4) is 0 Å². The number of halogens is 2. The lowest BCUT2D eigenvalue weighted by molar-refractivity contribution is 0.0923. The van der Waals surface area contributed by atoms with Crippen molar-refractivity contribution in [3.8, 4) is 0 Å². The first-order chi connectivity index (χ1) is 7.77. The summed E-state index contributed by atoms with van der Waals surface area (Å²) in [6.45, 7) is 3.17. The molecule has 0 aromatic heterocycles. The first-order valence-corrected chi connectivity index (χ1v) is 5.86. The molecule has 1 saturated heterocycles. The Bertz CT molecular complexity index is 353. The van der Waals surface area contributed by atoms with Crippen LogP contribution < -0.4 is 5.32 Å². The lowest BCUT2D eigenvalue weighted by Gasteiger charge is -2.10. The highest BCUT2D eigenvalue weighted by molar-refractivity contribution is 6.31. The minimum absolute atomic E-state index is 0.173. The van der Waals surface area contributed by atoms with Gasteiger partial charge in [-0.15, -0.1) is 0 Å². The second-order valence-electron chi connectivity index (χ2n) is 4.09. The highest BCUT2D eigenvalue weighted by atomic mass is 35.5. The molecule has 2 nitrogen and oxygen atoms in total. The quantitative estimate of drug-likeness (QED) is 0.878. The highest BCUT2D eigenvalue weighted by Gasteiger charge is 2.14. The minimum Gasteiger partial charge on any atom is -0.376 e. The second kappa shape index (κ2) is 5.62. The Labute approximate surface area is 99.7 Å². The fraction of sp³-hybridized carbons (Fsp3) is 0.500. The zero-order chi connectivity index (χ0) is 11.4. The summed E-state index contributed by atoms with van der Waals surface area (Å²) in [6.07, 6.45) is 1.15. The average molecular weight is 244 g/mol. The van der Waals surface area contributed by atoms with Gasteiger partial charge in [-0.2, -0.15) is 0 Å². The largest absolute Gasteiger partial charge is 0.376 e. The van der Waals surface area contributed by atoms with E-state index >= 15 is 0 Å². The van der Waals surface area contributed by atoms with E-state index in [1.807, 2.05) is 0 Å². The molecule has 1 aliphatic rings. The Balaban J connectivity index is 1.82. The molecule has 0 spiro atoms. The number of benzene rings is 1. The van der Waals surface area contributed by atoms with Crippen molar-refractivity contribution in [2.75, 3.05) is 19.7 Å². The molecule has 88 valence electrons. The van der Waals surface area contributed by atoms with Gasteiger partial charge in [-0.1, -0.05) is 23.7 Å². The molecular formula is C12H15ClFNO. The Hall–Kier alpha value is -0.640. The second-order valence-corrected chi connectivity index (χ2v) is 4.46. The zero-order valence-corrected chi connectivity index (χ0v) is 9.77. The molecule has 16 heavy (non-hydrogen) atoms. The Morgan fingerprint density at radius 2 is 2.38 bits per heavy atom. The molecule has 2 rings (SSSR count). The normalized spacial score (nSPS) is 20.2. The topological polar surface area (TPSA) is 21.3 Å². The summed E-state index contributed by atoms with van der Waals surface area (Å²) in [5.74, 6) is 0.192. The Morgan fingerprint density at radius 3 is 3.12 bits per heavy atom. The molecular weight excluding hydrogens is 229 g/mol. The summed E-state index contributed by atoms with van der Waals surface area (Å²) in [7, 11) is 0. The van der Waals surface area contributed by atoms with Gasteiger partial charge in [-0.3, -0.25) is 0 Å². The van der Waals surface area contributed by atoms with Gasteiger partial charge in [0.1, 0.15) is 5.82 Å². The molecule has 1 unspecified atom stereocenters. The van der Waals surface area contributed by atoms with E-state index in [1.165, 1.54) is 6.07 Å². The van der Waals surface area contributed by atoms with E-state index in [0.717, 1.165) is 19.5 Å². The van der Waals surface area contributed by atoms with Crippen molar-refractivity contribution in [3.05, 3.63) is 34.6 Å². The highest BCUT2D eigenvalue weighted by Crippen LogP contribution is 2.20. The number of hydrogen-bond acceptors (Lipinski definition) is 2. The van der Waals surface area contributed by atoms with E-state index in [0.29, 0.717) is 24.7 Å². The molecule has 1 aromatic carbocycles. The van der Waals surface area contributed by atoms with Gasteiger partial charge in [0.15, 0.2) is 0 Å². The van der Waals surface area contributed by atoms with E-state index in [1.54, 1.807) is 12.1 Å². The van der Waals surface area contributed by atoms with Crippen LogP contribution in [0.5, 0.6) is 0 Å². The van der Waals surface area contributed by atoms with Gasteiger partial charge in [0.25, 0.3) is 0 Å². The van der Waals surface area contributed by atoms with Crippen LogP contribution in [0.25, 0.3) is 0 Å². The van der Waals surface area contributed by atoms with E-state index < -0.39 is 0 Å². The fourth-order valence-corrected chi connectivity index (χ4v) is 2.03. The predicted octanol–water partition coefficient (Wildman–Crippen LogP) is 2.61. The van der Waals surface area contributed by atoms with Crippen molar-refractivity contribution in [3.63, 3.8) is 0 Å². The molecule has 1 aliphatic heterocycles. The molecule has 1 atom stereocenters. The van der Waals surface area contributed by atoms with E-state index in [9.17, 15) is 4.39 Å². The van der Waals surface area contributed by atoms with Crippen LogP contribution in [0.2, 0.25) is 5.02 Å². The van der Waals surface area contributed by atoms with Gasteiger partial charge in [-0.25, -0.2) is 4.39 Å². The van der Waals surface area contributed by atoms with E-state index in [4.69, 9.17) is 16.3 Å². The summed E-state index contributed by atoms with van der Waals surface area (Å²) in [5, 5.41) is 3.45. The number of nitrogens with one attached hydrogen (secondary N) is 1. The van der Waals surface area contributed by atoms with Crippen LogP contribution in [0, 0.1) is 11.7 Å². The standard InChI is InChI=1S/C12H15ClFNO/c13-12-10(2-1-3-11(12)14)8-16-7-9-4-5-15-6-9/h1-3,9,15H,4-8H2. The number of hydrogen-bond donors (Lipinski definition) is 1. The zero-order valence-electron chi connectivity index (χ0n) is 9.01. The van der Waals surface area contributed by atoms with Crippen molar-refractivity contribution in [2.24, 2.45) is 5.92 Å². The first-order valence-electron chi connectivity index (χ1n) is 5.48. The Morgan fingerprint density at radius 1 is 1.50 bits per heavy atom. The molecule has 1 heterocycles. The van der Waals surface area contributed by atoms with Gasteiger partial charge in [0, 0.05) is 6.54 Å². The molecule has 0 radical (unpaired) electrons. The fourth-order valence-electron chi connectivity index (χ4n) is 1.85. The predicted molar refractivity (Wildman–Crippen MR) is 62.0 cm³/mol. The van der Waals surface area contributed by atoms with E-state index in [-0.39, 0.29) is 10.8 Å². The lowest BCUT2D eigenvalue weighted by atomic mass is 10.1. The first kappa shape index (κ1) is 11.8. The average Bonchev–Trinajstić information content (AvgIpc) is 2.77. The van der Waals surface area contributed by atoms with Crippen molar-refractivity contribution in [1.82, 2.24) is 5.32 Å². The maximum absolute atomic E-state index is 13.1. The molecule has 0 aliphatic carbocycles. The van der Waals surface area contributed by atoms with E-state index in [2.05, 4.69) is 5.32 Å². The number of ether oxygens (including phenoxy) is 1. The molecule has 1 N–H and O–H groups in total. The maximum atomic E-state index is 13.1. The molecule has 0 amide bonds. The van der Waals surface area contributed by atoms with Crippen LogP contribution in [-0.4, -0.2) is 19.7 Å². The lowest BCUT2D eigenvalue weighted by Crippen LogP contribution is -2.13. The Kier molecular flexibility index (Phi) is 4.16. The van der Waals surface area contributed by atoms with Crippen molar-refractivity contribution in [2.45, 2.75) is 13.0 Å². The monoisotopic (exact) mass is 243 g/mol. The van der Waals surface area contributed by atoms with Gasteiger partial charge >= 0.3 is 0 Å². The van der Waals surface area contributed by atoms with Crippen LogP contribution in [0.4, 0.5) is 4.39 Å². The molecule has 0 bridgehead atoms. The van der Waals surface area contributed by atoms with Gasteiger partial charge in [-0.05, 0) is 30.5 Å². The molecule has 4 heteroatoms. The van der Waals surface area contributed by atoms with Crippen LogP contribution in [-0.2, 0) is 11.3 Å². The molecule has 1 aromatic rings. The third-order valence-electron chi connectivity index (χ3n) is 2.81. The molecule has 1 fully saturated rings. The summed E-state index contributed by atoms with van der Waals surface area (Å²) in [6, 6.07) is 4.79. The number of rotatable bonds is 4. The smallest absolute Gasteiger partial charge is 0.142 e. The van der Waals surface area contributed by atoms with Crippen LogP contribution in [0.15, 0.2) is 18.2 Å². The van der Waals surface area contributed by atoms with Crippen LogP contribution >= 0.6 is 11.6 Å². The maximum Gasteiger partial charge on any atom is 0.142 e. The van der Waals surface area contributed by atoms with Crippen molar-refractivity contribution < 1.29 is 9.13 Å².